The van der Waals surface area contributed by atoms with Crippen LogP contribution in [0.3, 0.4) is 0 Å². The zero-order valence-corrected chi connectivity index (χ0v) is 14.3. The highest BCUT2D eigenvalue weighted by molar-refractivity contribution is 7.92. The van der Waals surface area contributed by atoms with Crippen LogP contribution in [0.2, 0.25) is 0 Å². The quantitative estimate of drug-likeness (QED) is 0.848. The van der Waals surface area contributed by atoms with Crippen LogP contribution in [0, 0.1) is 5.82 Å². The molecule has 8 heteroatoms. The monoisotopic (exact) mass is 364 g/mol. The molecule has 2 rings (SSSR count). The fourth-order valence-corrected chi connectivity index (χ4v) is 3.21. The van der Waals surface area contributed by atoms with Gasteiger partial charge in [0, 0.05) is 18.4 Å². The summed E-state index contributed by atoms with van der Waals surface area (Å²) >= 11 is 0. The van der Waals surface area contributed by atoms with Crippen LogP contribution in [0.4, 0.5) is 15.8 Å². The molecule has 0 saturated carbocycles. The third-order valence-electron chi connectivity index (χ3n) is 3.34. The molecule has 0 heterocycles. The average molecular weight is 364 g/mol. The van der Waals surface area contributed by atoms with E-state index in [4.69, 9.17) is 0 Å². The number of carbonyl (C=O) groups is 2. The third kappa shape index (κ3) is 5.68. The highest BCUT2D eigenvalue weighted by atomic mass is 32.2. The molecule has 0 aliphatic heterocycles. The number of carbonyl (C=O) groups excluding carboxylic acids is 2. The van der Waals surface area contributed by atoms with Gasteiger partial charge < -0.3 is 10.2 Å². The van der Waals surface area contributed by atoms with Crippen molar-refractivity contribution in [2.24, 2.45) is 0 Å². The van der Waals surface area contributed by atoms with Gasteiger partial charge in [0.15, 0.2) is 9.84 Å². The van der Waals surface area contributed by atoms with Crippen LogP contribution in [-0.2, 0) is 19.4 Å². The third-order valence-corrected chi connectivity index (χ3v) is 4.73. The summed E-state index contributed by atoms with van der Waals surface area (Å²) in [5.41, 5.74) is 0.827. The summed E-state index contributed by atoms with van der Waals surface area (Å²) in [6, 6.07) is 13.5. The van der Waals surface area contributed by atoms with Crippen LogP contribution >= 0.6 is 0 Å². The van der Waals surface area contributed by atoms with Gasteiger partial charge in [0.05, 0.1) is 0 Å². The van der Waals surface area contributed by atoms with Crippen molar-refractivity contribution in [1.29, 1.82) is 0 Å². The van der Waals surface area contributed by atoms with Gasteiger partial charge in [0.2, 0.25) is 11.8 Å². The van der Waals surface area contributed by atoms with Crippen molar-refractivity contribution in [2.45, 2.75) is 0 Å². The Hall–Kier alpha value is -2.74. The number of hydrogen-bond acceptors (Lipinski definition) is 4. The molecular formula is C17H17FN2O4S. The number of hydrogen-bond donors (Lipinski definition) is 1. The van der Waals surface area contributed by atoms with Crippen molar-refractivity contribution >= 4 is 33.0 Å². The lowest BCUT2D eigenvalue weighted by atomic mass is 10.3. The highest BCUT2D eigenvalue weighted by Crippen LogP contribution is 2.12. The van der Waals surface area contributed by atoms with Gasteiger partial charge in [-0.05, 0) is 36.4 Å². The molecule has 0 radical (unpaired) electrons. The molecule has 0 aromatic heterocycles. The summed E-state index contributed by atoms with van der Waals surface area (Å²) in [4.78, 5) is 25.2. The van der Waals surface area contributed by atoms with E-state index in [2.05, 4.69) is 5.32 Å². The SMILES string of the molecule is CN(C(=O)CS(=O)(=O)CC(=O)Nc1ccc(F)cc1)c1ccccc1. The van der Waals surface area contributed by atoms with Crippen LogP contribution < -0.4 is 10.2 Å². The first-order chi connectivity index (χ1) is 11.8. The zero-order valence-electron chi connectivity index (χ0n) is 13.5. The van der Waals surface area contributed by atoms with Crippen LogP contribution in [0.25, 0.3) is 0 Å². The fraction of sp³-hybridized carbons (Fsp3) is 0.176. The van der Waals surface area contributed by atoms with E-state index in [-0.39, 0.29) is 5.69 Å². The Kier molecular flexibility index (Phi) is 5.87. The van der Waals surface area contributed by atoms with Crippen LogP contribution in [0.15, 0.2) is 54.6 Å². The van der Waals surface area contributed by atoms with Crippen LogP contribution in [0.5, 0.6) is 0 Å². The summed E-state index contributed by atoms with van der Waals surface area (Å²) in [5, 5.41) is 2.35. The maximum absolute atomic E-state index is 12.8. The molecule has 0 aliphatic rings. The summed E-state index contributed by atoms with van der Waals surface area (Å²) < 4.78 is 36.9. The first-order valence-electron chi connectivity index (χ1n) is 7.34. The Morgan fingerprint density at radius 2 is 1.60 bits per heavy atom. The van der Waals surface area contributed by atoms with Crippen molar-refractivity contribution in [2.75, 3.05) is 28.8 Å². The lowest BCUT2D eigenvalue weighted by molar-refractivity contribution is -0.116. The summed E-state index contributed by atoms with van der Waals surface area (Å²) in [7, 11) is -2.47. The van der Waals surface area contributed by atoms with Crippen molar-refractivity contribution in [3.05, 3.63) is 60.4 Å². The molecule has 132 valence electrons. The van der Waals surface area contributed by atoms with Gasteiger partial charge in [-0.2, -0.15) is 0 Å². The van der Waals surface area contributed by atoms with Crippen LogP contribution in [0.1, 0.15) is 0 Å². The van der Waals surface area contributed by atoms with E-state index in [1.54, 1.807) is 30.3 Å². The highest BCUT2D eigenvalue weighted by Gasteiger charge is 2.23. The van der Waals surface area contributed by atoms with E-state index in [1.165, 1.54) is 24.1 Å². The molecule has 2 aromatic rings. The van der Waals surface area contributed by atoms with E-state index in [0.29, 0.717) is 5.69 Å². The van der Waals surface area contributed by atoms with Gasteiger partial charge in [-0.25, -0.2) is 12.8 Å². The molecule has 6 nitrogen and oxygen atoms in total. The van der Waals surface area contributed by atoms with Gasteiger partial charge in [-0.3, -0.25) is 9.59 Å². The zero-order chi connectivity index (χ0) is 18.4. The first-order valence-corrected chi connectivity index (χ1v) is 9.16. The molecule has 0 unspecified atom stereocenters. The van der Waals surface area contributed by atoms with Crippen LogP contribution in [-0.4, -0.2) is 38.8 Å². The Balaban J connectivity index is 1.95. The molecule has 2 amide bonds. The Bertz CT molecular complexity index is 852. The van der Waals surface area contributed by atoms with E-state index < -0.39 is 39.0 Å². The largest absolute Gasteiger partial charge is 0.325 e. The topological polar surface area (TPSA) is 83.6 Å². The average Bonchev–Trinajstić information content (AvgIpc) is 2.56. The molecule has 0 spiro atoms. The Morgan fingerprint density at radius 1 is 1.00 bits per heavy atom. The molecule has 0 bridgehead atoms. The predicted octanol–water partition coefficient (Wildman–Crippen LogP) is 1.84. The van der Waals surface area contributed by atoms with Gasteiger partial charge in [-0.15, -0.1) is 0 Å². The second-order valence-electron chi connectivity index (χ2n) is 5.38. The first kappa shape index (κ1) is 18.6. The van der Waals surface area contributed by atoms with Crippen molar-refractivity contribution in [3.8, 4) is 0 Å². The van der Waals surface area contributed by atoms with Crippen molar-refractivity contribution < 1.29 is 22.4 Å². The number of para-hydroxylation sites is 1. The lowest BCUT2D eigenvalue weighted by Gasteiger charge is -2.17. The lowest BCUT2D eigenvalue weighted by Crippen LogP contribution is -2.35. The van der Waals surface area contributed by atoms with Gasteiger partial charge in [0.25, 0.3) is 0 Å². The summed E-state index contributed by atoms with van der Waals surface area (Å²) in [5.74, 6) is -3.52. The Labute approximate surface area is 145 Å². The molecular weight excluding hydrogens is 347 g/mol. The minimum absolute atomic E-state index is 0.273. The number of amides is 2. The molecule has 0 aliphatic carbocycles. The number of rotatable bonds is 6. The van der Waals surface area contributed by atoms with E-state index in [0.717, 1.165) is 12.1 Å². The minimum atomic E-state index is -3.94. The van der Waals surface area contributed by atoms with Gasteiger partial charge in [0.1, 0.15) is 17.3 Å². The standard InChI is InChI=1S/C17H17FN2O4S/c1-20(15-5-3-2-4-6-15)17(22)12-25(23,24)11-16(21)19-14-9-7-13(18)8-10-14/h2-10H,11-12H2,1H3,(H,19,21). The van der Waals surface area contributed by atoms with Gasteiger partial charge >= 0.3 is 0 Å². The molecule has 0 saturated heterocycles. The molecule has 0 atom stereocenters. The predicted molar refractivity (Wildman–Crippen MR) is 93.5 cm³/mol. The fourth-order valence-electron chi connectivity index (χ4n) is 2.06. The van der Waals surface area contributed by atoms with Crippen molar-refractivity contribution in [1.82, 2.24) is 0 Å². The number of benzene rings is 2. The smallest absolute Gasteiger partial charge is 0.241 e. The summed E-state index contributed by atoms with van der Waals surface area (Å²) in [6.45, 7) is 0. The summed E-state index contributed by atoms with van der Waals surface area (Å²) in [6.07, 6.45) is 0. The number of anilines is 2. The molecule has 0 fully saturated rings. The normalized spacial score (nSPS) is 11.0. The maximum Gasteiger partial charge on any atom is 0.241 e. The maximum atomic E-state index is 12.8. The number of nitrogens with one attached hydrogen (secondary N) is 1. The second kappa shape index (κ2) is 7.89. The molecule has 1 N–H and O–H groups in total. The minimum Gasteiger partial charge on any atom is -0.325 e. The van der Waals surface area contributed by atoms with E-state index in [9.17, 15) is 22.4 Å². The van der Waals surface area contributed by atoms with E-state index in [1.807, 2.05) is 0 Å². The number of halogens is 1. The Morgan fingerprint density at radius 3 is 2.20 bits per heavy atom. The van der Waals surface area contributed by atoms with E-state index >= 15 is 0 Å². The molecule has 25 heavy (non-hydrogen) atoms. The number of nitrogens with zero attached hydrogens (tertiary/aromatic N) is 1. The molecule has 2 aromatic carbocycles. The van der Waals surface area contributed by atoms with Crippen molar-refractivity contribution in [3.63, 3.8) is 0 Å². The second-order valence-corrected chi connectivity index (χ2v) is 7.44. The van der Waals surface area contributed by atoms with Gasteiger partial charge in [-0.1, -0.05) is 18.2 Å². The number of sulfone groups is 1.